The van der Waals surface area contributed by atoms with Crippen LogP contribution in [0.3, 0.4) is 0 Å². The third-order valence-corrected chi connectivity index (χ3v) is 12.2. The molecule has 0 unspecified atom stereocenters. The molecule has 0 radical (unpaired) electrons. The molecule has 2 aliphatic carbocycles. The number of carbonyl (C=O) groups is 4. The molecule has 50 heavy (non-hydrogen) atoms. The summed E-state index contributed by atoms with van der Waals surface area (Å²) in [7, 11) is 6.60. The molecule has 4 aliphatic rings. The molecule has 0 aromatic heterocycles. The zero-order valence-corrected chi connectivity index (χ0v) is 30.5. The van der Waals surface area contributed by atoms with Crippen LogP contribution in [-0.2, 0) is 19.2 Å². The molecule has 0 bridgehead atoms. The maximum atomic E-state index is 14.3. The van der Waals surface area contributed by atoms with Gasteiger partial charge in [0.1, 0.15) is 0 Å². The lowest BCUT2D eigenvalue weighted by Crippen LogP contribution is -2.60. The lowest BCUT2D eigenvalue weighted by Gasteiger charge is -2.50. The van der Waals surface area contributed by atoms with E-state index in [9.17, 15) is 24.3 Å². The van der Waals surface area contributed by atoms with Crippen LogP contribution in [0.1, 0.15) is 24.3 Å². The topological polar surface area (TPSA) is 132 Å². The average molecular weight is 781 g/mol. The molecule has 1 N–H and O–H groups in total. The zero-order valence-electron chi connectivity index (χ0n) is 27.4. The Morgan fingerprint density at radius 3 is 2.14 bits per heavy atom. The summed E-state index contributed by atoms with van der Waals surface area (Å²) in [5, 5.41) is 20.0. The minimum absolute atomic E-state index is 0.111. The summed E-state index contributed by atoms with van der Waals surface area (Å²) in [6.45, 7) is 0. The molecule has 0 spiro atoms. The lowest BCUT2D eigenvalue weighted by molar-refractivity contribution is -0.138. The highest BCUT2D eigenvalue weighted by Crippen LogP contribution is 2.66. The number of ether oxygens (including phenoxy) is 1. The van der Waals surface area contributed by atoms with E-state index in [4.69, 9.17) is 27.9 Å². The number of hydrogen-bond acceptors (Lipinski definition) is 9. The van der Waals surface area contributed by atoms with Crippen molar-refractivity contribution in [2.45, 2.75) is 28.5 Å². The third kappa shape index (κ3) is 4.90. The van der Waals surface area contributed by atoms with Gasteiger partial charge in [0, 0.05) is 42.8 Å². The lowest BCUT2D eigenvalue weighted by atomic mass is 9.56. The molecule has 14 heteroatoms. The van der Waals surface area contributed by atoms with E-state index in [1.54, 1.807) is 36.4 Å². The van der Waals surface area contributed by atoms with E-state index in [0.29, 0.717) is 27.1 Å². The largest absolute Gasteiger partial charge is 0.504 e. The molecule has 3 aromatic carbocycles. The number of alkyl halides is 2. The SMILES string of the molecule is COc1cc(Br)cc([C@H]2C3=CC[C@@H]4C(=O)N(c5ccc(N=Nc6ccc(N(C)C)cc6)cc5)C(=O)[C@@H]4[C@@H]3C[C@@]3(Cl)C(=O)N(C)C(=O)[C@@]23Cl)c1O. The Bertz CT molecular complexity index is 2020. The number of phenols is 1. The Labute approximate surface area is 306 Å². The molecule has 2 aliphatic heterocycles. The predicted molar refractivity (Wildman–Crippen MR) is 192 cm³/mol. The van der Waals surface area contributed by atoms with E-state index in [-0.39, 0.29) is 35.8 Å². The fourth-order valence-electron chi connectivity index (χ4n) is 7.92. The van der Waals surface area contributed by atoms with Crippen LogP contribution in [0.2, 0.25) is 0 Å². The summed E-state index contributed by atoms with van der Waals surface area (Å²) in [6, 6.07) is 17.4. The summed E-state index contributed by atoms with van der Waals surface area (Å²) in [6.07, 6.45) is 1.83. The van der Waals surface area contributed by atoms with E-state index in [1.807, 2.05) is 49.3 Å². The Hall–Kier alpha value is -4.26. The molecule has 7 rings (SSSR count). The highest BCUT2D eigenvalue weighted by atomic mass is 79.9. The van der Waals surface area contributed by atoms with Gasteiger partial charge in [0.2, 0.25) is 11.8 Å². The number of anilines is 2. The van der Waals surface area contributed by atoms with Gasteiger partial charge in [0.25, 0.3) is 11.8 Å². The van der Waals surface area contributed by atoms with Crippen molar-refractivity contribution in [2.24, 2.45) is 28.0 Å². The summed E-state index contributed by atoms with van der Waals surface area (Å²) in [5.41, 5.74) is 3.36. The molecule has 3 aromatic rings. The van der Waals surface area contributed by atoms with Gasteiger partial charge < -0.3 is 14.7 Å². The number of azo groups is 1. The van der Waals surface area contributed by atoms with Crippen LogP contribution in [0.5, 0.6) is 11.5 Å². The van der Waals surface area contributed by atoms with Crippen LogP contribution in [0.15, 0.2) is 87.0 Å². The van der Waals surface area contributed by atoms with Crippen molar-refractivity contribution in [3.63, 3.8) is 0 Å². The van der Waals surface area contributed by atoms with E-state index in [2.05, 4.69) is 26.2 Å². The second-order valence-electron chi connectivity index (χ2n) is 13.2. The zero-order chi connectivity index (χ0) is 35.9. The number of benzene rings is 3. The van der Waals surface area contributed by atoms with Crippen LogP contribution >= 0.6 is 39.1 Å². The highest BCUT2D eigenvalue weighted by Gasteiger charge is 2.76. The molecule has 6 atom stereocenters. The number of likely N-dealkylation sites (tertiary alicyclic amines) is 1. The molecule has 2 saturated heterocycles. The first-order valence-corrected chi connectivity index (χ1v) is 17.4. The van der Waals surface area contributed by atoms with Gasteiger partial charge in [-0.25, -0.2) is 0 Å². The van der Waals surface area contributed by atoms with Gasteiger partial charge in [0.15, 0.2) is 21.2 Å². The Kier molecular flexibility index (Phi) is 8.35. The molecule has 258 valence electrons. The van der Waals surface area contributed by atoms with Gasteiger partial charge in [-0.3, -0.25) is 29.0 Å². The van der Waals surface area contributed by atoms with Crippen molar-refractivity contribution in [1.29, 1.82) is 0 Å². The van der Waals surface area contributed by atoms with E-state index >= 15 is 0 Å². The molecular weight excluding hydrogens is 749 g/mol. The number of allylic oxidation sites excluding steroid dienone is 2. The maximum Gasteiger partial charge on any atom is 0.253 e. The number of halogens is 3. The van der Waals surface area contributed by atoms with Gasteiger partial charge >= 0.3 is 0 Å². The van der Waals surface area contributed by atoms with E-state index in [0.717, 1.165) is 10.6 Å². The molecule has 1 saturated carbocycles. The van der Waals surface area contributed by atoms with Gasteiger partial charge in [0.05, 0.1) is 36.0 Å². The number of phenolic OH excluding ortho intramolecular Hbond substituents is 1. The van der Waals surface area contributed by atoms with Crippen LogP contribution < -0.4 is 14.5 Å². The van der Waals surface area contributed by atoms with Gasteiger partial charge in [-0.1, -0.05) is 27.6 Å². The molecule has 11 nitrogen and oxygen atoms in total. The number of hydrogen-bond donors (Lipinski definition) is 1. The molecule has 4 amide bonds. The first kappa shape index (κ1) is 34.2. The fraction of sp³-hybridized carbons (Fsp3) is 0.333. The first-order valence-electron chi connectivity index (χ1n) is 15.9. The standard InChI is InChI=1S/C36H32BrCl2N5O6/c1-42(2)21-9-5-19(6-10-21)40-41-20-7-11-22(12-8-20)44-31(46)24-14-13-23-26(28(24)32(44)47)17-35(38)33(48)43(3)34(49)36(35,39)29(23)25-15-18(37)16-27(50-4)30(25)45/h5-13,15-16,24,26,28-29,45H,14,17H2,1-4H3/t24-,26+,28-,29+,35+,36-/m0/s1. The number of methoxy groups -OCH3 is 1. The van der Waals surface area contributed by atoms with Crippen molar-refractivity contribution < 1.29 is 29.0 Å². The van der Waals surface area contributed by atoms with Gasteiger partial charge in [-0.15, -0.1) is 23.2 Å². The molecule has 2 heterocycles. The minimum Gasteiger partial charge on any atom is -0.504 e. The normalized spacial score (nSPS) is 28.9. The van der Waals surface area contributed by atoms with Gasteiger partial charge in [-0.2, -0.15) is 10.2 Å². The van der Waals surface area contributed by atoms with Gasteiger partial charge in [-0.05, 0) is 79.4 Å². The smallest absolute Gasteiger partial charge is 0.253 e. The predicted octanol–water partition coefficient (Wildman–Crippen LogP) is 6.84. The van der Waals surface area contributed by atoms with Crippen LogP contribution in [-0.4, -0.2) is 71.6 Å². The van der Waals surface area contributed by atoms with Crippen molar-refractivity contribution in [3.8, 4) is 11.5 Å². The summed E-state index contributed by atoms with van der Waals surface area (Å²) in [4.78, 5) is 55.9. The monoisotopic (exact) mass is 779 g/mol. The number of fused-ring (bicyclic) bond motifs is 4. The number of rotatable bonds is 6. The van der Waals surface area contributed by atoms with Crippen molar-refractivity contribution in [3.05, 3.63) is 82.3 Å². The second-order valence-corrected chi connectivity index (χ2v) is 15.3. The number of amides is 4. The second kappa shape index (κ2) is 12.2. The number of aromatic hydroxyl groups is 1. The van der Waals surface area contributed by atoms with Crippen molar-refractivity contribution >= 4 is 85.5 Å². The fourth-order valence-corrected chi connectivity index (χ4v) is 9.38. The van der Waals surface area contributed by atoms with Crippen LogP contribution in [0, 0.1) is 17.8 Å². The van der Waals surface area contributed by atoms with Crippen LogP contribution in [0.4, 0.5) is 22.7 Å². The number of nitrogens with zero attached hydrogens (tertiary/aromatic N) is 5. The van der Waals surface area contributed by atoms with Crippen molar-refractivity contribution in [1.82, 2.24) is 4.90 Å². The summed E-state index contributed by atoms with van der Waals surface area (Å²) in [5.74, 6) is -5.94. The maximum absolute atomic E-state index is 14.3. The summed E-state index contributed by atoms with van der Waals surface area (Å²) < 4.78 is 5.92. The Morgan fingerprint density at radius 1 is 0.920 bits per heavy atom. The van der Waals surface area contributed by atoms with E-state index in [1.165, 1.54) is 19.1 Å². The van der Waals surface area contributed by atoms with E-state index < -0.39 is 51.1 Å². The summed E-state index contributed by atoms with van der Waals surface area (Å²) >= 11 is 17.9. The third-order valence-electron chi connectivity index (χ3n) is 10.4. The van der Waals surface area contributed by atoms with Crippen molar-refractivity contribution in [2.75, 3.05) is 38.1 Å². The average Bonchev–Trinajstić information content (AvgIpc) is 3.43. The van der Waals surface area contributed by atoms with Crippen LogP contribution in [0.25, 0.3) is 0 Å². The molecule has 3 fully saturated rings. The number of imide groups is 2. The molecular formula is C36H32BrCl2N5O6. The Morgan fingerprint density at radius 2 is 1.54 bits per heavy atom. The number of carbonyl (C=O) groups excluding carboxylic acids is 4. The first-order chi connectivity index (χ1) is 23.7. The highest BCUT2D eigenvalue weighted by molar-refractivity contribution is 9.10. The minimum atomic E-state index is -2.04. The Balaban J connectivity index is 1.24. The quantitative estimate of drug-likeness (QED) is 0.125.